The van der Waals surface area contributed by atoms with Gasteiger partial charge >= 0.3 is 0 Å². The van der Waals surface area contributed by atoms with Crippen molar-refractivity contribution in [2.24, 2.45) is 0 Å². The zero-order valence-corrected chi connectivity index (χ0v) is 8.45. The number of hydrogen-bond donors (Lipinski definition) is 0. The number of pyridine rings is 1. The molecule has 0 aliphatic heterocycles. The van der Waals surface area contributed by atoms with Gasteiger partial charge in [0.15, 0.2) is 23.7 Å². The average Bonchev–Trinajstić information content (AvgIpc) is 2.36. The summed E-state index contributed by atoms with van der Waals surface area (Å²) in [6.07, 6.45) is 3.07. The minimum absolute atomic E-state index is 0.124. The van der Waals surface area contributed by atoms with E-state index in [0.29, 0.717) is 6.29 Å². The quantitative estimate of drug-likeness (QED) is 0.593. The molecule has 17 heavy (non-hydrogen) atoms. The molecule has 0 atom stereocenters. The van der Waals surface area contributed by atoms with Crippen molar-refractivity contribution in [1.82, 2.24) is 4.98 Å². The number of aromatic nitrogens is 1. The smallest absolute Gasteiger partial charge is 0.195 e. The first-order valence-corrected chi connectivity index (χ1v) is 4.68. The van der Waals surface area contributed by atoms with Crippen molar-refractivity contribution in [2.45, 2.75) is 0 Å². The Morgan fingerprint density at radius 3 is 2.47 bits per heavy atom. The molecule has 0 aliphatic rings. The van der Waals surface area contributed by atoms with Gasteiger partial charge in [0.05, 0.1) is 0 Å². The maximum absolute atomic E-state index is 13.5. The number of rotatable bonds is 2. The van der Waals surface area contributed by atoms with Gasteiger partial charge in [-0.2, -0.15) is 0 Å². The molecule has 2 nitrogen and oxygen atoms in total. The first kappa shape index (κ1) is 11.3. The summed E-state index contributed by atoms with van der Waals surface area (Å²) in [6.45, 7) is 0. The molecule has 0 amide bonds. The molecule has 0 radical (unpaired) electrons. The molecule has 0 unspecified atom stereocenters. The fourth-order valence-corrected chi connectivity index (χ4v) is 1.47. The SMILES string of the molecule is O=Cc1ccncc1-c1ccc(F)c(F)c1F. The van der Waals surface area contributed by atoms with Gasteiger partial charge in [0, 0.05) is 29.1 Å². The lowest BCUT2D eigenvalue weighted by Gasteiger charge is -2.06. The van der Waals surface area contributed by atoms with Crippen LogP contribution in [-0.4, -0.2) is 11.3 Å². The molecule has 0 fully saturated rings. The third-order valence-corrected chi connectivity index (χ3v) is 2.31. The summed E-state index contributed by atoms with van der Waals surface area (Å²) >= 11 is 0. The Bertz CT molecular complexity index is 584. The Morgan fingerprint density at radius 1 is 1.00 bits per heavy atom. The molecular weight excluding hydrogens is 231 g/mol. The lowest BCUT2D eigenvalue weighted by atomic mass is 10.0. The maximum Gasteiger partial charge on any atom is 0.195 e. The van der Waals surface area contributed by atoms with Crippen molar-refractivity contribution in [2.75, 3.05) is 0 Å². The van der Waals surface area contributed by atoms with Crippen LogP contribution in [0.3, 0.4) is 0 Å². The fourth-order valence-electron chi connectivity index (χ4n) is 1.47. The number of nitrogens with zero attached hydrogens (tertiary/aromatic N) is 1. The monoisotopic (exact) mass is 237 g/mol. The second kappa shape index (κ2) is 4.37. The predicted octanol–water partition coefficient (Wildman–Crippen LogP) is 2.98. The lowest BCUT2D eigenvalue weighted by Crippen LogP contribution is -1.97. The van der Waals surface area contributed by atoms with E-state index in [1.807, 2.05) is 0 Å². The number of carbonyl (C=O) groups excluding carboxylic acids is 1. The van der Waals surface area contributed by atoms with Gasteiger partial charge in [0.1, 0.15) is 0 Å². The molecule has 2 rings (SSSR count). The van der Waals surface area contributed by atoms with Gasteiger partial charge in [-0.25, -0.2) is 13.2 Å². The molecule has 2 aromatic rings. The van der Waals surface area contributed by atoms with Crippen molar-refractivity contribution in [3.63, 3.8) is 0 Å². The van der Waals surface area contributed by atoms with E-state index in [0.717, 1.165) is 12.1 Å². The number of aldehydes is 1. The van der Waals surface area contributed by atoms with E-state index in [1.54, 1.807) is 0 Å². The van der Waals surface area contributed by atoms with E-state index in [4.69, 9.17) is 0 Å². The highest BCUT2D eigenvalue weighted by Crippen LogP contribution is 2.27. The first-order valence-electron chi connectivity index (χ1n) is 4.68. The van der Waals surface area contributed by atoms with Crippen LogP contribution in [0.5, 0.6) is 0 Å². The van der Waals surface area contributed by atoms with Crippen molar-refractivity contribution >= 4 is 6.29 Å². The second-order valence-electron chi connectivity index (χ2n) is 3.30. The number of halogens is 3. The number of benzene rings is 1. The van der Waals surface area contributed by atoms with Crippen LogP contribution >= 0.6 is 0 Å². The Balaban J connectivity index is 2.69. The molecule has 1 aromatic carbocycles. The summed E-state index contributed by atoms with van der Waals surface area (Å²) in [7, 11) is 0. The van der Waals surface area contributed by atoms with Crippen molar-refractivity contribution in [3.8, 4) is 11.1 Å². The van der Waals surface area contributed by atoms with E-state index in [-0.39, 0.29) is 16.7 Å². The summed E-state index contributed by atoms with van der Waals surface area (Å²) in [5, 5.41) is 0. The number of carbonyl (C=O) groups is 1. The summed E-state index contributed by atoms with van der Waals surface area (Å²) in [4.78, 5) is 14.5. The fraction of sp³-hybridized carbons (Fsp3) is 0. The summed E-state index contributed by atoms with van der Waals surface area (Å²) in [6, 6.07) is 3.23. The molecule has 0 aliphatic carbocycles. The Hall–Kier alpha value is -2.17. The van der Waals surface area contributed by atoms with Crippen LogP contribution in [0.2, 0.25) is 0 Å². The summed E-state index contributed by atoms with van der Waals surface area (Å²) in [5.41, 5.74) is 0.0860. The van der Waals surface area contributed by atoms with Crippen LogP contribution < -0.4 is 0 Å². The van der Waals surface area contributed by atoms with Gasteiger partial charge < -0.3 is 0 Å². The largest absolute Gasteiger partial charge is 0.298 e. The highest BCUT2D eigenvalue weighted by Gasteiger charge is 2.16. The van der Waals surface area contributed by atoms with Gasteiger partial charge in [0.25, 0.3) is 0 Å². The van der Waals surface area contributed by atoms with Gasteiger partial charge in [-0.3, -0.25) is 9.78 Å². The minimum atomic E-state index is -1.57. The maximum atomic E-state index is 13.5. The van der Waals surface area contributed by atoms with E-state index >= 15 is 0 Å². The molecule has 1 heterocycles. The summed E-state index contributed by atoms with van der Waals surface area (Å²) in [5.74, 6) is -4.17. The van der Waals surface area contributed by atoms with Gasteiger partial charge in [-0.1, -0.05) is 0 Å². The van der Waals surface area contributed by atoms with E-state index in [2.05, 4.69) is 4.98 Å². The molecule has 0 saturated heterocycles. The third kappa shape index (κ3) is 1.91. The van der Waals surface area contributed by atoms with E-state index in [9.17, 15) is 18.0 Å². The Kier molecular flexibility index (Phi) is 2.91. The molecule has 0 N–H and O–H groups in total. The van der Waals surface area contributed by atoms with Crippen LogP contribution in [0.15, 0.2) is 30.6 Å². The van der Waals surface area contributed by atoms with E-state index < -0.39 is 17.5 Å². The Labute approximate surface area is 94.7 Å². The first-order chi connectivity index (χ1) is 8.15. The zero-order chi connectivity index (χ0) is 12.4. The van der Waals surface area contributed by atoms with Crippen LogP contribution in [-0.2, 0) is 0 Å². The zero-order valence-electron chi connectivity index (χ0n) is 8.45. The highest BCUT2D eigenvalue weighted by molar-refractivity contribution is 5.87. The van der Waals surface area contributed by atoms with Crippen LogP contribution in [0.1, 0.15) is 10.4 Å². The van der Waals surface area contributed by atoms with Crippen molar-refractivity contribution in [3.05, 3.63) is 53.6 Å². The predicted molar refractivity (Wildman–Crippen MR) is 54.9 cm³/mol. The normalized spacial score (nSPS) is 10.3. The van der Waals surface area contributed by atoms with Crippen LogP contribution in [0.25, 0.3) is 11.1 Å². The van der Waals surface area contributed by atoms with Gasteiger partial charge in [-0.05, 0) is 18.2 Å². The van der Waals surface area contributed by atoms with Crippen LogP contribution in [0.4, 0.5) is 13.2 Å². The summed E-state index contributed by atoms with van der Waals surface area (Å²) < 4.78 is 39.3. The van der Waals surface area contributed by atoms with Crippen LogP contribution in [0, 0.1) is 17.5 Å². The number of hydrogen-bond acceptors (Lipinski definition) is 2. The second-order valence-corrected chi connectivity index (χ2v) is 3.30. The molecule has 0 saturated carbocycles. The standard InChI is InChI=1S/C12H6F3NO/c13-10-2-1-8(11(14)12(10)15)9-5-16-4-3-7(9)6-17/h1-6H. The molecule has 5 heteroatoms. The third-order valence-electron chi connectivity index (χ3n) is 2.31. The Morgan fingerprint density at radius 2 is 1.76 bits per heavy atom. The molecular formula is C12H6F3NO. The molecule has 86 valence electrons. The van der Waals surface area contributed by atoms with Gasteiger partial charge in [-0.15, -0.1) is 0 Å². The highest BCUT2D eigenvalue weighted by atomic mass is 19.2. The lowest BCUT2D eigenvalue weighted by molar-refractivity contribution is 0.112. The van der Waals surface area contributed by atoms with Crippen molar-refractivity contribution in [1.29, 1.82) is 0 Å². The van der Waals surface area contributed by atoms with E-state index in [1.165, 1.54) is 18.5 Å². The van der Waals surface area contributed by atoms with Gasteiger partial charge in [0.2, 0.25) is 0 Å². The topological polar surface area (TPSA) is 30.0 Å². The molecule has 0 bridgehead atoms. The average molecular weight is 237 g/mol. The molecule has 0 spiro atoms. The minimum Gasteiger partial charge on any atom is -0.298 e. The van der Waals surface area contributed by atoms with Crippen molar-refractivity contribution < 1.29 is 18.0 Å². The molecule has 1 aromatic heterocycles.